The molecular formula is C10H10N8. The molecule has 2 aromatic rings. The number of nitrogens with one attached hydrogen (secondary N) is 2. The van der Waals surface area contributed by atoms with Gasteiger partial charge in [0.2, 0.25) is 5.95 Å². The second-order valence-corrected chi connectivity index (χ2v) is 3.39. The number of aromatic amines is 1. The molecule has 0 aromatic carbocycles. The normalized spacial score (nSPS) is 9.72. The quantitative estimate of drug-likeness (QED) is 0.737. The zero-order valence-electron chi connectivity index (χ0n) is 9.67. The van der Waals surface area contributed by atoms with Crippen LogP contribution < -0.4 is 10.2 Å². The van der Waals surface area contributed by atoms with E-state index < -0.39 is 0 Å². The van der Waals surface area contributed by atoms with Crippen molar-refractivity contribution in [3.8, 4) is 12.1 Å². The zero-order valence-corrected chi connectivity index (χ0v) is 9.67. The Balaban J connectivity index is 2.56. The highest BCUT2D eigenvalue weighted by Crippen LogP contribution is 2.21. The summed E-state index contributed by atoms with van der Waals surface area (Å²) in [7, 11) is 1.69. The first-order chi connectivity index (χ1) is 8.80. The molecule has 0 amide bonds. The van der Waals surface area contributed by atoms with Crippen LogP contribution in [0.15, 0.2) is 6.33 Å². The van der Waals surface area contributed by atoms with Crippen molar-refractivity contribution in [1.82, 2.24) is 19.9 Å². The highest BCUT2D eigenvalue weighted by molar-refractivity contribution is 5.84. The van der Waals surface area contributed by atoms with Crippen LogP contribution in [-0.2, 0) is 0 Å². The highest BCUT2D eigenvalue weighted by Gasteiger charge is 2.15. The number of H-pyrrole nitrogens is 1. The monoisotopic (exact) mass is 242 g/mol. The smallest absolute Gasteiger partial charge is 0.226 e. The minimum atomic E-state index is 0.0713. The largest absolute Gasteiger partial charge is 0.357 e. The van der Waals surface area contributed by atoms with Crippen LogP contribution >= 0.6 is 0 Å². The standard InChI is InChI=1S/C10H10N8/c1-13-10-16-8-7(14-6-15-8)9(17-10)18(4-2-11)5-3-12/h6H,4-5H2,1H3,(H2,13,14,15,16,17). The number of fused-ring (bicyclic) bond motifs is 1. The molecule has 0 bridgehead atoms. The predicted octanol–water partition coefficient (Wildman–Crippen LogP) is 0.248. The minimum Gasteiger partial charge on any atom is -0.357 e. The van der Waals surface area contributed by atoms with Gasteiger partial charge in [-0.1, -0.05) is 0 Å². The van der Waals surface area contributed by atoms with Crippen molar-refractivity contribution in [1.29, 1.82) is 10.5 Å². The van der Waals surface area contributed by atoms with Crippen molar-refractivity contribution in [3.63, 3.8) is 0 Å². The third-order valence-corrected chi connectivity index (χ3v) is 2.31. The van der Waals surface area contributed by atoms with E-state index in [0.717, 1.165) is 0 Å². The third-order valence-electron chi connectivity index (χ3n) is 2.31. The predicted molar refractivity (Wildman–Crippen MR) is 64.7 cm³/mol. The minimum absolute atomic E-state index is 0.0713. The lowest BCUT2D eigenvalue weighted by Gasteiger charge is -2.17. The zero-order chi connectivity index (χ0) is 13.0. The molecule has 2 rings (SSSR count). The molecule has 0 aliphatic rings. The van der Waals surface area contributed by atoms with Crippen LogP contribution in [0.25, 0.3) is 11.2 Å². The first kappa shape index (κ1) is 11.6. The van der Waals surface area contributed by atoms with Gasteiger partial charge in [-0.25, -0.2) is 4.98 Å². The topological polar surface area (TPSA) is 117 Å². The fraction of sp³-hybridized carbons (Fsp3) is 0.300. The van der Waals surface area contributed by atoms with Crippen LogP contribution in [0.2, 0.25) is 0 Å². The maximum atomic E-state index is 8.79. The van der Waals surface area contributed by atoms with Gasteiger partial charge in [-0.2, -0.15) is 20.5 Å². The summed E-state index contributed by atoms with van der Waals surface area (Å²) in [6, 6.07) is 4.01. The van der Waals surface area contributed by atoms with Crippen molar-refractivity contribution >= 4 is 22.9 Å². The van der Waals surface area contributed by atoms with E-state index in [2.05, 4.69) is 25.3 Å². The number of rotatable bonds is 4. The lowest BCUT2D eigenvalue weighted by molar-refractivity contribution is 0.935. The van der Waals surface area contributed by atoms with E-state index in [1.807, 2.05) is 12.1 Å². The molecule has 18 heavy (non-hydrogen) atoms. The van der Waals surface area contributed by atoms with Crippen molar-refractivity contribution in [3.05, 3.63) is 6.33 Å². The molecule has 0 unspecified atom stereocenters. The molecule has 0 aliphatic heterocycles. The van der Waals surface area contributed by atoms with Gasteiger partial charge in [0.25, 0.3) is 0 Å². The molecule has 0 saturated carbocycles. The molecule has 8 nitrogen and oxygen atoms in total. The van der Waals surface area contributed by atoms with Crippen LogP contribution in [-0.4, -0.2) is 40.1 Å². The summed E-state index contributed by atoms with van der Waals surface area (Å²) >= 11 is 0. The van der Waals surface area contributed by atoms with Gasteiger partial charge in [0, 0.05) is 7.05 Å². The van der Waals surface area contributed by atoms with Gasteiger partial charge in [0.1, 0.15) is 18.6 Å². The van der Waals surface area contributed by atoms with Crippen LogP contribution in [0.4, 0.5) is 11.8 Å². The first-order valence-electron chi connectivity index (χ1n) is 5.18. The molecule has 0 saturated heterocycles. The van der Waals surface area contributed by atoms with Gasteiger partial charge >= 0.3 is 0 Å². The molecule has 90 valence electrons. The molecule has 2 N–H and O–H groups in total. The van der Waals surface area contributed by atoms with E-state index in [0.29, 0.717) is 22.9 Å². The van der Waals surface area contributed by atoms with Crippen LogP contribution in [0, 0.1) is 22.7 Å². The average molecular weight is 242 g/mol. The molecule has 0 aliphatic carbocycles. The van der Waals surface area contributed by atoms with E-state index >= 15 is 0 Å². The highest BCUT2D eigenvalue weighted by atomic mass is 15.2. The Morgan fingerprint density at radius 3 is 2.67 bits per heavy atom. The second kappa shape index (κ2) is 4.97. The summed E-state index contributed by atoms with van der Waals surface area (Å²) in [4.78, 5) is 16.9. The summed E-state index contributed by atoms with van der Waals surface area (Å²) in [6.07, 6.45) is 1.50. The van der Waals surface area contributed by atoms with Gasteiger partial charge < -0.3 is 15.2 Å². The summed E-state index contributed by atoms with van der Waals surface area (Å²) in [6.45, 7) is 0.143. The van der Waals surface area contributed by atoms with E-state index in [9.17, 15) is 0 Å². The van der Waals surface area contributed by atoms with Crippen molar-refractivity contribution in [2.75, 3.05) is 30.4 Å². The number of nitriles is 2. The van der Waals surface area contributed by atoms with Crippen LogP contribution in [0.5, 0.6) is 0 Å². The summed E-state index contributed by atoms with van der Waals surface area (Å²) < 4.78 is 0. The Labute approximate surface area is 103 Å². The van der Waals surface area contributed by atoms with E-state index in [1.165, 1.54) is 6.33 Å². The van der Waals surface area contributed by atoms with E-state index in [4.69, 9.17) is 10.5 Å². The summed E-state index contributed by atoms with van der Waals surface area (Å²) in [5.74, 6) is 0.885. The average Bonchev–Trinajstić information content (AvgIpc) is 2.85. The maximum Gasteiger partial charge on any atom is 0.226 e. The van der Waals surface area contributed by atoms with Gasteiger partial charge in [-0.15, -0.1) is 0 Å². The number of imidazole rings is 1. The lowest BCUT2D eigenvalue weighted by Crippen LogP contribution is -2.25. The molecule has 0 fully saturated rings. The van der Waals surface area contributed by atoms with Gasteiger partial charge in [-0.3, -0.25) is 0 Å². The molecule has 0 radical (unpaired) electrons. The maximum absolute atomic E-state index is 8.79. The molecule has 2 heterocycles. The molecule has 0 spiro atoms. The number of hydrogen-bond donors (Lipinski definition) is 2. The van der Waals surface area contributed by atoms with Gasteiger partial charge in [-0.05, 0) is 0 Å². The SMILES string of the molecule is CNc1nc(N(CC#N)CC#N)c2[nH]cnc2n1. The Morgan fingerprint density at radius 1 is 1.33 bits per heavy atom. The number of hydrogen-bond acceptors (Lipinski definition) is 7. The van der Waals surface area contributed by atoms with E-state index in [-0.39, 0.29) is 13.1 Å². The number of aromatic nitrogens is 4. The van der Waals surface area contributed by atoms with Crippen LogP contribution in [0.1, 0.15) is 0 Å². The Morgan fingerprint density at radius 2 is 2.06 bits per heavy atom. The Bertz CT molecular complexity index is 615. The van der Waals surface area contributed by atoms with Gasteiger partial charge in [0.15, 0.2) is 11.5 Å². The fourth-order valence-electron chi connectivity index (χ4n) is 1.53. The van der Waals surface area contributed by atoms with Gasteiger partial charge in [0.05, 0.1) is 18.5 Å². The van der Waals surface area contributed by atoms with Crippen molar-refractivity contribution in [2.45, 2.75) is 0 Å². The Kier molecular flexibility index (Phi) is 3.21. The summed E-state index contributed by atoms with van der Waals surface area (Å²) in [5, 5.41) is 20.4. The lowest BCUT2D eigenvalue weighted by atomic mass is 10.4. The van der Waals surface area contributed by atoms with E-state index in [1.54, 1.807) is 11.9 Å². The first-order valence-corrected chi connectivity index (χ1v) is 5.18. The van der Waals surface area contributed by atoms with Crippen molar-refractivity contribution in [2.24, 2.45) is 0 Å². The van der Waals surface area contributed by atoms with Crippen LogP contribution in [0.3, 0.4) is 0 Å². The molecule has 2 aromatic heterocycles. The molecule has 8 heteroatoms. The number of nitrogens with zero attached hydrogens (tertiary/aromatic N) is 6. The fourth-order valence-corrected chi connectivity index (χ4v) is 1.53. The third kappa shape index (κ3) is 1.99. The second-order valence-electron chi connectivity index (χ2n) is 3.39. The van der Waals surface area contributed by atoms with Crippen molar-refractivity contribution < 1.29 is 0 Å². The number of anilines is 2. The molecule has 0 atom stereocenters. The molecular weight excluding hydrogens is 232 g/mol. The summed E-state index contributed by atoms with van der Waals surface area (Å²) in [5.41, 5.74) is 1.10. The Hall–Kier alpha value is -2.87.